The number of benzene rings is 1. The number of anilines is 1. The van der Waals surface area contributed by atoms with Gasteiger partial charge in [-0.3, -0.25) is 0 Å². The van der Waals surface area contributed by atoms with Gasteiger partial charge < -0.3 is 5.32 Å². The SMILES string of the molecule is Sc1ccc2c(c1)NCC2. The van der Waals surface area contributed by atoms with Gasteiger partial charge in [0.1, 0.15) is 0 Å². The van der Waals surface area contributed by atoms with E-state index in [0.717, 1.165) is 17.9 Å². The maximum absolute atomic E-state index is 4.24. The summed E-state index contributed by atoms with van der Waals surface area (Å²) < 4.78 is 0. The molecule has 0 radical (unpaired) electrons. The monoisotopic (exact) mass is 151 g/mol. The molecular weight excluding hydrogens is 142 g/mol. The van der Waals surface area contributed by atoms with Crippen LogP contribution in [-0.4, -0.2) is 6.54 Å². The lowest BCUT2D eigenvalue weighted by Crippen LogP contribution is -1.90. The van der Waals surface area contributed by atoms with Crippen molar-refractivity contribution in [1.82, 2.24) is 0 Å². The average molecular weight is 151 g/mol. The smallest absolute Gasteiger partial charge is 0.0384 e. The average Bonchev–Trinajstić information content (AvgIpc) is 2.33. The highest BCUT2D eigenvalue weighted by atomic mass is 32.1. The molecule has 52 valence electrons. The number of nitrogens with one attached hydrogen (secondary N) is 1. The van der Waals surface area contributed by atoms with Gasteiger partial charge in [-0.25, -0.2) is 0 Å². The second kappa shape index (κ2) is 2.20. The van der Waals surface area contributed by atoms with Crippen molar-refractivity contribution >= 4 is 18.3 Å². The molecule has 1 aliphatic heterocycles. The summed E-state index contributed by atoms with van der Waals surface area (Å²) >= 11 is 4.24. The number of rotatable bonds is 0. The van der Waals surface area contributed by atoms with Crippen LogP contribution in [0.3, 0.4) is 0 Å². The molecule has 1 aliphatic rings. The first-order chi connectivity index (χ1) is 4.86. The molecule has 1 nitrogen and oxygen atoms in total. The second-order valence-corrected chi connectivity index (χ2v) is 3.03. The summed E-state index contributed by atoms with van der Waals surface area (Å²) in [5.74, 6) is 0. The Bertz CT molecular complexity index is 257. The van der Waals surface area contributed by atoms with Crippen LogP contribution in [0.25, 0.3) is 0 Å². The Morgan fingerprint density at radius 3 is 3.20 bits per heavy atom. The lowest BCUT2D eigenvalue weighted by molar-refractivity contribution is 1.11. The van der Waals surface area contributed by atoms with Gasteiger partial charge in [-0.15, -0.1) is 12.6 Å². The van der Waals surface area contributed by atoms with Crippen LogP contribution in [0.2, 0.25) is 0 Å². The van der Waals surface area contributed by atoms with E-state index in [4.69, 9.17) is 0 Å². The van der Waals surface area contributed by atoms with Gasteiger partial charge in [-0.2, -0.15) is 0 Å². The zero-order valence-corrected chi connectivity index (χ0v) is 6.49. The van der Waals surface area contributed by atoms with Crippen molar-refractivity contribution < 1.29 is 0 Å². The van der Waals surface area contributed by atoms with Crippen molar-refractivity contribution in [2.24, 2.45) is 0 Å². The Hall–Kier alpha value is -0.630. The Morgan fingerprint density at radius 2 is 2.30 bits per heavy atom. The topological polar surface area (TPSA) is 12.0 Å². The molecule has 1 heterocycles. The largest absolute Gasteiger partial charge is 0.384 e. The van der Waals surface area contributed by atoms with E-state index in [9.17, 15) is 0 Å². The van der Waals surface area contributed by atoms with Crippen molar-refractivity contribution in [2.45, 2.75) is 11.3 Å². The van der Waals surface area contributed by atoms with E-state index >= 15 is 0 Å². The fourth-order valence-electron chi connectivity index (χ4n) is 1.28. The van der Waals surface area contributed by atoms with E-state index in [1.54, 1.807) is 0 Å². The predicted octanol–water partition coefficient (Wildman–Crippen LogP) is 1.94. The molecule has 1 N–H and O–H groups in total. The van der Waals surface area contributed by atoms with Gasteiger partial charge in [0.05, 0.1) is 0 Å². The van der Waals surface area contributed by atoms with Crippen LogP contribution in [-0.2, 0) is 6.42 Å². The molecule has 1 aromatic rings. The summed E-state index contributed by atoms with van der Waals surface area (Å²) in [6.07, 6.45) is 1.16. The van der Waals surface area contributed by atoms with E-state index in [1.807, 2.05) is 6.07 Å². The minimum absolute atomic E-state index is 1.04. The molecule has 2 heteroatoms. The highest BCUT2D eigenvalue weighted by Gasteiger charge is 2.07. The van der Waals surface area contributed by atoms with E-state index in [1.165, 1.54) is 11.3 Å². The molecule has 0 amide bonds. The third-order valence-corrected chi connectivity index (χ3v) is 2.08. The highest BCUT2D eigenvalue weighted by molar-refractivity contribution is 7.80. The summed E-state index contributed by atoms with van der Waals surface area (Å²) in [6, 6.07) is 6.25. The predicted molar refractivity (Wildman–Crippen MR) is 45.9 cm³/mol. The number of thiol groups is 1. The molecule has 0 aliphatic carbocycles. The molecule has 10 heavy (non-hydrogen) atoms. The number of hydrogen-bond acceptors (Lipinski definition) is 2. The molecule has 0 saturated carbocycles. The van der Waals surface area contributed by atoms with E-state index in [-0.39, 0.29) is 0 Å². The van der Waals surface area contributed by atoms with Crippen LogP contribution >= 0.6 is 12.6 Å². The summed E-state index contributed by atoms with van der Waals surface area (Å²) in [5, 5.41) is 3.29. The van der Waals surface area contributed by atoms with Crippen LogP contribution in [0.5, 0.6) is 0 Å². The second-order valence-electron chi connectivity index (χ2n) is 2.52. The molecule has 0 fully saturated rings. The first kappa shape index (κ1) is 6.10. The van der Waals surface area contributed by atoms with Gasteiger partial charge >= 0.3 is 0 Å². The van der Waals surface area contributed by atoms with Gasteiger partial charge in [0.25, 0.3) is 0 Å². The molecule has 0 spiro atoms. The third-order valence-electron chi connectivity index (χ3n) is 1.80. The van der Waals surface area contributed by atoms with Crippen LogP contribution in [0.15, 0.2) is 23.1 Å². The Morgan fingerprint density at radius 1 is 1.40 bits per heavy atom. The summed E-state index contributed by atoms with van der Waals surface area (Å²) in [7, 11) is 0. The van der Waals surface area contributed by atoms with Gasteiger partial charge in [-0.1, -0.05) is 6.07 Å². The van der Waals surface area contributed by atoms with Crippen molar-refractivity contribution in [2.75, 3.05) is 11.9 Å². The number of fused-ring (bicyclic) bond motifs is 1. The standard InChI is InChI=1S/C8H9NS/c10-7-2-1-6-3-4-9-8(6)5-7/h1-2,5,9-10H,3-4H2. The highest BCUT2D eigenvalue weighted by Crippen LogP contribution is 2.24. The Labute approximate surface area is 65.9 Å². The molecule has 0 atom stereocenters. The van der Waals surface area contributed by atoms with E-state index in [0.29, 0.717) is 0 Å². The quantitative estimate of drug-likeness (QED) is 0.540. The first-order valence-electron chi connectivity index (χ1n) is 3.42. The summed E-state index contributed by atoms with van der Waals surface area (Å²) in [4.78, 5) is 1.04. The summed E-state index contributed by atoms with van der Waals surface area (Å²) in [5.41, 5.74) is 2.67. The van der Waals surface area contributed by atoms with Crippen molar-refractivity contribution in [3.05, 3.63) is 23.8 Å². The lowest BCUT2D eigenvalue weighted by Gasteiger charge is -1.98. The van der Waals surface area contributed by atoms with Crippen molar-refractivity contribution in [1.29, 1.82) is 0 Å². The van der Waals surface area contributed by atoms with Gasteiger partial charge in [0, 0.05) is 17.1 Å². The molecule has 0 aromatic heterocycles. The number of hydrogen-bond donors (Lipinski definition) is 2. The summed E-state index contributed by atoms with van der Waals surface area (Å²) in [6.45, 7) is 1.08. The van der Waals surface area contributed by atoms with Crippen LogP contribution in [0.4, 0.5) is 5.69 Å². The van der Waals surface area contributed by atoms with E-state index in [2.05, 4.69) is 30.1 Å². The minimum Gasteiger partial charge on any atom is -0.384 e. The molecule has 2 rings (SSSR count). The molecule has 0 saturated heterocycles. The van der Waals surface area contributed by atoms with Gasteiger partial charge in [0.15, 0.2) is 0 Å². The Balaban J connectivity index is 2.52. The normalized spacial score (nSPS) is 14.5. The Kier molecular flexibility index (Phi) is 1.34. The third kappa shape index (κ3) is 0.886. The lowest BCUT2D eigenvalue weighted by atomic mass is 10.2. The molecule has 0 unspecified atom stereocenters. The molecule has 1 aromatic carbocycles. The minimum atomic E-state index is 1.04. The maximum atomic E-state index is 4.24. The van der Waals surface area contributed by atoms with Crippen molar-refractivity contribution in [3.63, 3.8) is 0 Å². The van der Waals surface area contributed by atoms with Crippen molar-refractivity contribution in [3.8, 4) is 0 Å². The van der Waals surface area contributed by atoms with Gasteiger partial charge in [0.2, 0.25) is 0 Å². The van der Waals surface area contributed by atoms with Crippen LogP contribution < -0.4 is 5.32 Å². The first-order valence-corrected chi connectivity index (χ1v) is 3.87. The fraction of sp³-hybridized carbons (Fsp3) is 0.250. The molecule has 0 bridgehead atoms. The maximum Gasteiger partial charge on any atom is 0.0384 e. The van der Waals surface area contributed by atoms with Gasteiger partial charge in [-0.05, 0) is 24.1 Å². The van der Waals surface area contributed by atoms with Crippen LogP contribution in [0, 0.1) is 0 Å². The van der Waals surface area contributed by atoms with E-state index < -0.39 is 0 Å². The van der Waals surface area contributed by atoms with Crippen LogP contribution in [0.1, 0.15) is 5.56 Å². The zero-order chi connectivity index (χ0) is 6.97. The fourth-order valence-corrected chi connectivity index (χ4v) is 1.48. The zero-order valence-electron chi connectivity index (χ0n) is 5.59. The molecular formula is C8H9NS.